The number of ether oxygens (including phenoxy) is 3. The zero-order valence-electron chi connectivity index (χ0n) is 23.7. The van der Waals surface area contributed by atoms with Gasteiger partial charge in [0.1, 0.15) is 23.3 Å². The SMILES string of the molecule is COC(=O)CCCCCCOc1ccc(Nc2cc3c(ncn3C3CCCCO3)c(NC3CCCCC3)n2)cc1. The molecule has 40 heavy (non-hydrogen) atoms. The summed E-state index contributed by atoms with van der Waals surface area (Å²) in [5, 5.41) is 7.21. The average Bonchev–Trinajstić information content (AvgIpc) is 3.43. The van der Waals surface area contributed by atoms with E-state index < -0.39 is 0 Å². The second kappa shape index (κ2) is 14.3. The average molecular weight is 550 g/mol. The van der Waals surface area contributed by atoms with Gasteiger partial charge in [0.25, 0.3) is 0 Å². The molecular weight excluding hydrogens is 506 g/mol. The number of anilines is 3. The van der Waals surface area contributed by atoms with Gasteiger partial charge in [-0.05, 0) is 69.2 Å². The standard InChI is InChI=1S/C31H43N5O4/c1-38-29(37)14-7-2-3-9-19-39-25-17-15-24(16-18-25)33-27-21-26-30(31(35-27)34-23-11-5-4-6-12-23)32-22-36(26)28-13-8-10-20-40-28/h15-18,21-23,28H,2-14,19-20H2,1H3,(H2,33,34,35). The smallest absolute Gasteiger partial charge is 0.305 e. The van der Waals surface area contributed by atoms with Crippen molar-refractivity contribution in [2.24, 2.45) is 0 Å². The molecule has 0 spiro atoms. The zero-order chi connectivity index (χ0) is 27.6. The van der Waals surface area contributed by atoms with Gasteiger partial charge in [0, 0.05) is 30.8 Å². The highest BCUT2D eigenvalue weighted by molar-refractivity contribution is 5.89. The number of rotatable bonds is 13. The predicted octanol–water partition coefficient (Wildman–Crippen LogP) is 7.12. The maximum absolute atomic E-state index is 11.2. The van der Waals surface area contributed by atoms with Gasteiger partial charge in [-0.2, -0.15) is 0 Å². The first-order valence-electron chi connectivity index (χ1n) is 15.0. The van der Waals surface area contributed by atoms with E-state index in [9.17, 15) is 4.79 Å². The molecule has 2 fully saturated rings. The lowest BCUT2D eigenvalue weighted by atomic mass is 9.95. The number of unbranched alkanes of at least 4 members (excludes halogenated alkanes) is 3. The van der Waals surface area contributed by atoms with Gasteiger partial charge in [-0.1, -0.05) is 32.1 Å². The van der Waals surface area contributed by atoms with E-state index in [4.69, 9.17) is 19.4 Å². The number of nitrogens with zero attached hydrogens (tertiary/aromatic N) is 3. The number of carbonyl (C=O) groups is 1. The Morgan fingerprint density at radius 2 is 1.82 bits per heavy atom. The number of imidazole rings is 1. The Kier molecular flexibility index (Phi) is 10.1. The Balaban J connectivity index is 1.23. The number of pyridine rings is 1. The molecule has 1 saturated heterocycles. The molecule has 2 N–H and O–H groups in total. The number of aromatic nitrogens is 3. The van der Waals surface area contributed by atoms with E-state index in [2.05, 4.69) is 26.0 Å². The maximum atomic E-state index is 11.2. The predicted molar refractivity (Wildman–Crippen MR) is 157 cm³/mol. The van der Waals surface area contributed by atoms with Crippen LogP contribution in [0.15, 0.2) is 36.7 Å². The van der Waals surface area contributed by atoms with Crippen LogP contribution in [0.3, 0.4) is 0 Å². The van der Waals surface area contributed by atoms with Crippen LogP contribution in [0.2, 0.25) is 0 Å². The Morgan fingerprint density at radius 1 is 1.02 bits per heavy atom. The monoisotopic (exact) mass is 549 g/mol. The van der Waals surface area contributed by atoms with Gasteiger partial charge in [0.05, 0.1) is 25.6 Å². The summed E-state index contributed by atoms with van der Waals surface area (Å²) in [6, 6.07) is 10.5. The van der Waals surface area contributed by atoms with Crippen molar-refractivity contribution in [2.75, 3.05) is 31.0 Å². The molecule has 2 aromatic heterocycles. The van der Waals surface area contributed by atoms with Gasteiger partial charge in [-0.25, -0.2) is 9.97 Å². The van der Waals surface area contributed by atoms with Gasteiger partial charge >= 0.3 is 5.97 Å². The number of esters is 1. The van der Waals surface area contributed by atoms with Crippen molar-refractivity contribution in [3.63, 3.8) is 0 Å². The highest BCUT2D eigenvalue weighted by atomic mass is 16.5. The number of hydrogen-bond acceptors (Lipinski definition) is 8. The van der Waals surface area contributed by atoms with E-state index in [-0.39, 0.29) is 12.2 Å². The normalized spacial score (nSPS) is 18.0. The molecule has 1 saturated carbocycles. The fraction of sp³-hybridized carbons (Fsp3) is 0.581. The van der Waals surface area contributed by atoms with Gasteiger partial charge in [0.15, 0.2) is 5.82 Å². The molecule has 0 bridgehead atoms. The van der Waals surface area contributed by atoms with Gasteiger partial charge in [-0.3, -0.25) is 4.79 Å². The topological polar surface area (TPSA) is 99.5 Å². The summed E-state index contributed by atoms with van der Waals surface area (Å²) >= 11 is 0. The van der Waals surface area contributed by atoms with Crippen LogP contribution < -0.4 is 15.4 Å². The third kappa shape index (κ3) is 7.65. The van der Waals surface area contributed by atoms with Crippen molar-refractivity contribution in [2.45, 2.75) is 95.7 Å². The van der Waals surface area contributed by atoms with Crippen LogP contribution >= 0.6 is 0 Å². The Bertz CT molecular complexity index is 1220. The van der Waals surface area contributed by atoms with Crippen LogP contribution in [0, 0.1) is 0 Å². The van der Waals surface area contributed by atoms with Gasteiger partial charge in [0.2, 0.25) is 0 Å². The lowest BCUT2D eigenvalue weighted by Crippen LogP contribution is -2.23. The summed E-state index contributed by atoms with van der Waals surface area (Å²) in [5.74, 6) is 2.33. The quantitative estimate of drug-likeness (QED) is 0.172. The third-order valence-electron chi connectivity index (χ3n) is 7.87. The van der Waals surface area contributed by atoms with Crippen LogP contribution in [0.4, 0.5) is 17.3 Å². The number of fused-ring (bicyclic) bond motifs is 1. The largest absolute Gasteiger partial charge is 0.494 e. The molecule has 0 amide bonds. The van der Waals surface area contributed by atoms with Crippen LogP contribution in [0.25, 0.3) is 11.0 Å². The van der Waals surface area contributed by atoms with Crippen molar-refractivity contribution < 1.29 is 19.0 Å². The van der Waals surface area contributed by atoms with Crippen molar-refractivity contribution in [1.82, 2.24) is 14.5 Å². The molecule has 1 aliphatic carbocycles. The fourth-order valence-electron chi connectivity index (χ4n) is 5.61. The summed E-state index contributed by atoms with van der Waals surface area (Å²) in [6.45, 7) is 1.45. The summed E-state index contributed by atoms with van der Waals surface area (Å²) in [4.78, 5) is 20.9. The molecule has 5 rings (SSSR count). The number of benzene rings is 1. The molecule has 1 unspecified atom stereocenters. The second-order valence-corrected chi connectivity index (χ2v) is 10.9. The summed E-state index contributed by atoms with van der Waals surface area (Å²) in [5.41, 5.74) is 2.89. The van der Waals surface area contributed by atoms with E-state index in [0.29, 0.717) is 19.1 Å². The first kappa shape index (κ1) is 28.2. The zero-order valence-corrected chi connectivity index (χ0v) is 23.7. The first-order valence-corrected chi connectivity index (χ1v) is 15.0. The van der Waals surface area contributed by atoms with Crippen molar-refractivity contribution in [3.8, 4) is 5.75 Å². The molecule has 1 aliphatic heterocycles. The van der Waals surface area contributed by atoms with E-state index in [1.807, 2.05) is 30.6 Å². The van der Waals surface area contributed by atoms with Crippen LogP contribution in [0.1, 0.15) is 89.7 Å². The van der Waals surface area contributed by atoms with Crippen molar-refractivity contribution >= 4 is 34.3 Å². The van der Waals surface area contributed by atoms with Gasteiger partial charge in [-0.15, -0.1) is 0 Å². The summed E-state index contributed by atoms with van der Waals surface area (Å²) < 4.78 is 18.9. The number of nitrogens with one attached hydrogen (secondary N) is 2. The van der Waals surface area contributed by atoms with Crippen molar-refractivity contribution in [1.29, 1.82) is 0 Å². The van der Waals surface area contributed by atoms with E-state index in [0.717, 1.165) is 85.7 Å². The molecule has 2 aliphatic rings. The van der Waals surface area contributed by atoms with E-state index in [1.165, 1.54) is 39.2 Å². The fourth-order valence-corrected chi connectivity index (χ4v) is 5.61. The molecule has 216 valence electrons. The summed E-state index contributed by atoms with van der Waals surface area (Å²) in [6.07, 6.45) is 15.7. The molecular formula is C31H43N5O4. The number of carbonyl (C=O) groups excluding carboxylic acids is 1. The molecule has 1 aromatic carbocycles. The highest BCUT2D eigenvalue weighted by Crippen LogP contribution is 2.33. The molecule has 9 heteroatoms. The molecule has 0 radical (unpaired) electrons. The minimum absolute atomic E-state index is 0.0146. The Morgan fingerprint density at radius 3 is 2.60 bits per heavy atom. The van der Waals surface area contributed by atoms with E-state index in [1.54, 1.807) is 0 Å². The lowest BCUT2D eigenvalue weighted by Gasteiger charge is -2.25. The molecule has 1 atom stereocenters. The Hall–Kier alpha value is -3.33. The molecule has 3 aromatic rings. The van der Waals surface area contributed by atoms with Gasteiger partial charge < -0.3 is 29.4 Å². The molecule has 9 nitrogen and oxygen atoms in total. The second-order valence-electron chi connectivity index (χ2n) is 10.9. The lowest BCUT2D eigenvalue weighted by molar-refractivity contribution is -0.140. The Labute approximate surface area is 237 Å². The highest BCUT2D eigenvalue weighted by Gasteiger charge is 2.22. The number of methoxy groups -OCH3 is 1. The van der Waals surface area contributed by atoms with Crippen LogP contribution in [0.5, 0.6) is 5.75 Å². The minimum Gasteiger partial charge on any atom is -0.494 e. The maximum Gasteiger partial charge on any atom is 0.305 e. The van der Waals surface area contributed by atoms with Crippen LogP contribution in [-0.2, 0) is 14.3 Å². The third-order valence-corrected chi connectivity index (χ3v) is 7.87. The summed E-state index contributed by atoms with van der Waals surface area (Å²) in [7, 11) is 1.43. The van der Waals surface area contributed by atoms with E-state index >= 15 is 0 Å². The van der Waals surface area contributed by atoms with Crippen molar-refractivity contribution in [3.05, 3.63) is 36.7 Å². The minimum atomic E-state index is -0.138. The molecule has 3 heterocycles. The first-order chi connectivity index (χ1) is 19.7. The number of hydrogen-bond donors (Lipinski definition) is 2. The van der Waals surface area contributed by atoms with Crippen LogP contribution in [-0.4, -0.2) is 46.9 Å².